The van der Waals surface area contributed by atoms with Gasteiger partial charge >= 0.3 is 0 Å². The largest absolute Gasteiger partial charge is 0.333 e. The number of aromatic nitrogens is 2. The number of pyridine rings is 2. The second-order valence-electron chi connectivity index (χ2n) is 7.74. The van der Waals surface area contributed by atoms with E-state index in [2.05, 4.69) is 35.9 Å². The van der Waals surface area contributed by atoms with Gasteiger partial charge < -0.3 is 4.90 Å². The Balaban J connectivity index is 1.80. The van der Waals surface area contributed by atoms with Crippen molar-refractivity contribution in [1.29, 1.82) is 0 Å². The van der Waals surface area contributed by atoms with Gasteiger partial charge in [0, 0.05) is 24.3 Å². The molecule has 0 saturated heterocycles. The Bertz CT molecular complexity index is 1010. The quantitative estimate of drug-likeness (QED) is 0.673. The van der Waals surface area contributed by atoms with Crippen LogP contribution in [0.25, 0.3) is 10.9 Å². The molecule has 27 heavy (non-hydrogen) atoms. The highest BCUT2D eigenvalue weighted by atomic mass is 16.2. The molecule has 1 aliphatic carbocycles. The van der Waals surface area contributed by atoms with Crippen LogP contribution in [0.3, 0.4) is 0 Å². The van der Waals surface area contributed by atoms with Crippen LogP contribution < -0.4 is 0 Å². The van der Waals surface area contributed by atoms with E-state index in [1.54, 1.807) is 0 Å². The monoisotopic (exact) mass is 359 g/mol. The molecular weight excluding hydrogens is 334 g/mol. The van der Waals surface area contributed by atoms with Gasteiger partial charge in [0.2, 0.25) is 0 Å². The van der Waals surface area contributed by atoms with Crippen LogP contribution in [0.15, 0.2) is 42.6 Å². The normalized spacial score (nSPS) is 15.0. The maximum atomic E-state index is 13.6. The van der Waals surface area contributed by atoms with E-state index in [1.165, 1.54) is 0 Å². The number of hydrogen-bond donors (Lipinski definition) is 0. The minimum Gasteiger partial charge on any atom is -0.333 e. The maximum absolute atomic E-state index is 13.6. The van der Waals surface area contributed by atoms with Gasteiger partial charge in [0.25, 0.3) is 5.91 Å². The Morgan fingerprint density at radius 3 is 2.59 bits per heavy atom. The molecule has 0 unspecified atom stereocenters. The fraction of sp³-hybridized carbons (Fsp3) is 0.348. The molecule has 4 heteroatoms. The molecule has 0 N–H and O–H groups in total. The summed E-state index contributed by atoms with van der Waals surface area (Å²) in [7, 11) is 1.91. The number of amides is 1. The predicted molar refractivity (Wildman–Crippen MR) is 108 cm³/mol. The second kappa shape index (κ2) is 6.76. The first-order valence-corrected chi connectivity index (χ1v) is 9.52. The first-order valence-electron chi connectivity index (χ1n) is 9.52. The lowest BCUT2D eigenvalue weighted by molar-refractivity contribution is 0.0709. The number of carbonyl (C=O) groups excluding carboxylic acids is 1. The van der Waals surface area contributed by atoms with Gasteiger partial charge in [-0.15, -0.1) is 0 Å². The lowest BCUT2D eigenvalue weighted by Gasteiger charge is -2.28. The van der Waals surface area contributed by atoms with Crippen molar-refractivity contribution in [2.45, 2.75) is 39.7 Å². The van der Waals surface area contributed by atoms with Gasteiger partial charge in [-0.1, -0.05) is 17.7 Å². The summed E-state index contributed by atoms with van der Waals surface area (Å²) in [6, 6.07) is 12.1. The zero-order valence-corrected chi connectivity index (χ0v) is 16.4. The van der Waals surface area contributed by atoms with Gasteiger partial charge in [-0.3, -0.25) is 14.8 Å². The first kappa shape index (κ1) is 17.7. The highest BCUT2D eigenvalue weighted by molar-refractivity contribution is 6.07. The molecule has 1 fully saturated rings. The Morgan fingerprint density at radius 1 is 1.15 bits per heavy atom. The number of fused-ring (bicyclic) bond motifs is 1. The van der Waals surface area contributed by atoms with Crippen molar-refractivity contribution in [1.82, 2.24) is 14.9 Å². The summed E-state index contributed by atoms with van der Waals surface area (Å²) >= 11 is 0. The van der Waals surface area contributed by atoms with Crippen LogP contribution in [-0.2, 0) is 0 Å². The van der Waals surface area contributed by atoms with Crippen molar-refractivity contribution in [3.8, 4) is 0 Å². The van der Waals surface area contributed by atoms with E-state index in [1.807, 2.05) is 49.3 Å². The van der Waals surface area contributed by atoms with Gasteiger partial charge in [0.1, 0.15) is 0 Å². The third kappa shape index (κ3) is 3.32. The molecule has 1 aromatic carbocycles. The van der Waals surface area contributed by atoms with Crippen molar-refractivity contribution >= 4 is 16.8 Å². The van der Waals surface area contributed by atoms with E-state index >= 15 is 0 Å². The van der Waals surface area contributed by atoms with Crippen LogP contribution in [-0.4, -0.2) is 27.8 Å². The van der Waals surface area contributed by atoms with Gasteiger partial charge in [-0.2, -0.15) is 0 Å². The minimum absolute atomic E-state index is 0.0214. The third-order valence-electron chi connectivity index (χ3n) is 5.40. The van der Waals surface area contributed by atoms with E-state index in [0.29, 0.717) is 5.92 Å². The molecular formula is C23H25N3O. The lowest BCUT2D eigenvalue weighted by Crippen LogP contribution is -2.33. The minimum atomic E-state index is 0.0214. The molecule has 1 atom stereocenters. The molecule has 4 nitrogen and oxygen atoms in total. The summed E-state index contributed by atoms with van der Waals surface area (Å²) < 4.78 is 0. The number of nitrogens with zero attached hydrogens (tertiary/aromatic N) is 3. The molecule has 1 amide bonds. The Hall–Kier alpha value is -2.75. The smallest absolute Gasteiger partial charge is 0.254 e. The standard InChI is InChI=1S/C23H25N3O/c1-14-11-15(2)21-18(12-14)19(13-16(3)25-21)23(27)26(4)22(17-8-9-17)20-7-5-6-10-24-20/h5-7,10-13,17,22H,8-9H2,1-4H3/t22-/m1/s1. The molecule has 0 spiro atoms. The van der Waals surface area contributed by atoms with E-state index in [-0.39, 0.29) is 11.9 Å². The van der Waals surface area contributed by atoms with E-state index in [4.69, 9.17) is 0 Å². The Labute approximate surface area is 160 Å². The van der Waals surface area contributed by atoms with Gasteiger partial charge in [0.05, 0.1) is 22.8 Å². The zero-order valence-electron chi connectivity index (χ0n) is 16.4. The van der Waals surface area contributed by atoms with Crippen molar-refractivity contribution in [2.24, 2.45) is 5.92 Å². The van der Waals surface area contributed by atoms with Crippen molar-refractivity contribution in [3.63, 3.8) is 0 Å². The van der Waals surface area contributed by atoms with Crippen molar-refractivity contribution in [3.05, 3.63) is 70.7 Å². The summed E-state index contributed by atoms with van der Waals surface area (Å²) in [6.45, 7) is 6.07. The average molecular weight is 359 g/mol. The van der Waals surface area contributed by atoms with Crippen LogP contribution in [0.5, 0.6) is 0 Å². The van der Waals surface area contributed by atoms with Crippen LogP contribution >= 0.6 is 0 Å². The van der Waals surface area contributed by atoms with Crippen molar-refractivity contribution in [2.75, 3.05) is 7.05 Å². The number of rotatable bonds is 4. The molecule has 1 aliphatic rings. The molecule has 0 radical (unpaired) electrons. The number of hydrogen-bond acceptors (Lipinski definition) is 3. The van der Waals surface area contributed by atoms with E-state index in [0.717, 1.165) is 51.8 Å². The van der Waals surface area contributed by atoms with Crippen LogP contribution in [0.4, 0.5) is 0 Å². The summed E-state index contributed by atoms with van der Waals surface area (Å²) in [6.07, 6.45) is 4.10. The maximum Gasteiger partial charge on any atom is 0.254 e. The summed E-state index contributed by atoms with van der Waals surface area (Å²) in [5, 5.41) is 0.936. The number of carbonyl (C=O) groups is 1. The molecule has 138 valence electrons. The lowest BCUT2D eigenvalue weighted by atomic mass is 9.99. The third-order valence-corrected chi connectivity index (χ3v) is 5.40. The zero-order chi connectivity index (χ0) is 19.1. The Morgan fingerprint density at radius 2 is 1.93 bits per heavy atom. The molecule has 0 aliphatic heterocycles. The van der Waals surface area contributed by atoms with E-state index < -0.39 is 0 Å². The van der Waals surface area contributed by atoms with Crippen molar-refractivity contribution < 1.29 is 4.79 Å². The second-order valence-corrected chi connectivity index (χ2v) is 7.74. The molecule has 0 bridgehead atoms. The Kier molecular flexibility index (Phi) is 4.42. The molecule has 3 aromatic rings. The van der Waals surface area contributed by atoms with Gasteiger partial charge in [-0.05, 0) is 69.4 Å². The topological polar surface area (TPSA) is 46.1 Å². The molecule has 1 saturated carbocycles. The van der Waals surface area contributed by atoms with Gasteiger partial charge in [0.15, 0.2) is 0 Å². The van der Waals surface area contributed by atoms with Crippen LogP contribution in [0, 0.1) is 26.7 Å². The average Bonchev–Trinajstić information content (AvgIpc) is 3.47. The molecule has 2 heterocycles. The van der Waals surface area contributed by atoms with Gasteiger partial charge in [-0.25, -0.2) is 0 Å². The summed E-state index contributed by atoms with van der Waals surface area (Å²) in [5.41, 5.74) is 5.73. The number of aryl methyl sites for hydroxylation is 3. The predicted octanol–water partition coefficient (Wildman–Crippen LogP) is 4.78. The number of benzene rings is 1. The highest BCUT2D eigenvalue weighted by Gasteiger charge is 2.38. The SMILES string of the molecule is Cc1cc(C)c2nc(C)cc(C(=O)N(C)[C@@H](c3ccccn3)C3CC3)c2c1. The van der Waals surface area contributed by atoms with Crippen LogP contribution in [0.2, 0.25) is 0 Å². The molecule has 2 aromatic heterocycles. The highest BCUT2D eigenvalue weighted by Crippen LogP contribution is 2.44. The van der Waals surface area contributed by atoms with E-state index in [9.17, 15) is 4.79 Å². The molecule has 4 rings (SSSR count). The first-order chi connectivity index (χ1) is 13.0. The van der Waals surface area contributed by atoms with Crippen LogP contribution in [0.1, 0.15) is 51.8 Å². The summed E-state index contributed by atoms with van der Waals surface area (Å²) in [5.74, 6) is 0.532. The fourth-order valence-electron chi connectivity index (χ4n) is 4.02. The summed E-state index contributed by atoms with van der Waals surface area (Å²) in [4.78, 5) is 24.7. The fourth-order valence-corrected chi connectivity index (χ4v) is 4.02.